The number of carbonyl (C=O) groups is 2. The molecule has 0 aliphatic heterocycles. The standard InChI is InChI=1S/C19H23NO4S/c1-10-7-8-13(9-11(10)2)14-12(3)25-16(15(14)17(21)22)20-18(23)24-19(4,5)6/h7-9H,1-6H3,(H,20,23)(H,21,22). The summed E-state index contributed by atoms with van der Waals surface area (Å²) in [4.78, 5) is 24.7. The molecule has 1 heterocycles. The maximum absolute atomic E-state index is 12.0. The second kappa shape index (κ2) is 6.88. The smallest absolute Gasteiger partial charge is 0.412 e. The maximum atomic E-state index is 12.0. The second-order valence-electron chi connectivity index (χ2n) is 6.97. The molecule has 0 unspecified atom stereocenters. The number of aryl methyl sites for hydroxylation is 3. The van der Waals surface area contributed by atoms with Gasteiger partial charge in [-0.3, -0.25) is 5.32 Å². The Labute approximate surface area is 151 Å². The Kier molecular flexibility index (Phi) is 5.23. The van der Waals surface area contributed by atoms with Gasteiger partial charge in [-0.2, -0.15) is 0 Å². The van der Waals surface area contributed by atoms with Crippen molar-refractivity contribution in [1.82, 2.24) is 0 Å². The molecule has 0 radical (unpaired) electrons. The molecule has 1 amide bonds. The van der Waals surface area contributed by atoms with Crippen LogP contribution in [0.4, 0.5) is 9.80 Å². The van der Waals surface area contributed by atoms with Crippen molar-refractivity contribution in [3.8, 4) is 11.1 Å². The molecule has 5 nitrogen and oxygen atoms in total. The Morgan fingerprint density at radius 2 is 1.76 bits per heavy atom. The minimum absolute atomic E-state index is 0.0941. The average molecular weight is 361 g/mol. The van der Waals surface area contributed by atoms with E-state index >= 15 is 0 Å². The van der Waals surface area contributed by atoms with Gasteiger partial charge in [0.25, 0.3) is 0 Å². The zero-order chi connectivity index (χ0) is 18.9. The van der Waals surface area contributed by atoms with Crippen molar-refractivity contribution in [2.45, 2.75) is 47.1 Å². The number of carboxylic acid groups (broad SMARTS) is 1. The summed E-state index contributed by atoms with van der Waals surface area (Å²) in [5, 5.41) is 12.6. The molecule has 0 saturated carbocycles. The van der Waals surface area contributed by atoms with Gasteiger partial charge in [0.05, 0.1) is 0 Å². The van der Waals surface area contributed by atoms with E-state index in [1.807, 2.05) is 39.0 Å². The third-order valence-corrected chi connectivity index (χ3v) is 4.73. The third kappa shape index (κ3) is 4.39. The first-order valence-electron chi connectivity index (χ1n) is 7.94. The van der Waals surface area contributed by atoms with Crippen molar-refractivity contribution in [3.63, 3.8) is 0 Å². The lowest BCUT2D eigenvalue weighted by atomic mass is 9.97. The maximum Gasteiger partial charge on any atom is 0.412 e. The number of thiophene rings is 1. The molecule has 2 N–H and O–H groups in total. The molecular weight excluding hydrogens is 338 g/mol. The summed E-state index contributed by atoms with van der Waals surface area (Å²) in [7, 11) is 0. The lowest BCUT2D eigenvalue weighted by Crippen LogP contribution is -2.27. The van der Waals surface area contributed by atoms with E-state index in [0.717, 1.165) is 21.6 Å². The first-order chi connectivity index (χ1) is 11.5. The van der Waals surface area contributed by atoms with E-state index < -0.39 is 17.7 Å². The number of hydrogen-bond donors (Lipinski definition) is 2. The molecule has 134 valence electrons. The highest BCUT2D eigenvalue weighted by atomic mass is 32.1. The molecule has 0 fully saturated rings. The van der Waals surface area contributed by atoms with Crippen LogP contribution in [0.5, 0.6) is 0 Å². The van der Waals surface area contributed by atoms with Crippen LogP contribution in [0, 0.1) is 20.8 Å². The van der Waals surface area contributed by atoms with Crippen molar-refractivity contribution >= 4 is 28.4 Å². The molecule has 6 heteroatoms. The third-order valence-electron chi connectivity index (χ3n) is 3.71. The van der Waals surface area contributed by atoms with Gasteiger partial charge in [0.15, 0.2) is 0 Å². The van der Waals surface area contributed by atoms with E-state index in [4.69, 9.17) is 4.74 Å². The number of aromatic carboxylic acids is 1. The Morgan fingerprint density at radius 1 is 1.12 bits per heavy atom. The van der Waals surface area contributed by atoms with Gasteiger partial charge in [-0.25, -0.2) is 9.59 Å². The molecule has 25 heavy (non-hydrogen) atoms. The monoisotopic (exact) mass is 361 g/mol. The van der Waals surface area contributed by atoms with Crippen molar-refractivity contribution in [1.29, 1.82) is 0 Å². The molecule has 2 aromatic rings. The Balaban J connectivity index is 2.49. The number of carboxylic acids is 1. The summed E-state index contributed by atoms with van der Waals surface area (Å²) in [5.41, 5.74) is 3.12. The van der Waals surface area contributed by atoms with E-state index in [1.54, 1.807) is 20.8 Å². The summed E-state index contributed by atoms with van der Waals surface area (Å²) in [6.07, 6.45) is -0.664. The SMILES string of the molecule is Cc1ccc(-c2c(C)sc(NC(=O)OC(C)(C)C)c2C(=O)O)cc1C. The highest BCUT2D eigenvalue weighted by Crippen LogP contribution is 2.40. The Hall–Kier alpha value is -2.34. The number of amides is 1. The lowest BCUT2D eigenvalue weighted by Gasteiger charge is -2.19. The van der Waals surface area contributed by atoms with E-state index in [-0.39, 0.29) is 10.6 Å². The summed E-state index contributed by atoms with van der Waals surface area (Å²) in [5.74, 6) is -1.08. The topological polar surface area (TPSA) is 75.6 Å². The second-order valence-corrected chi connectivity index (χ2v) is 8.19. The zero-order valence-corrected chi connectivity index (χ0v) is 16.1. The fourth-order valence-electron chi connectivity index (χ4n) is 2.48. The molecule has 0 atom stereocenters. The van der Waals surface area contributed by atoms with E-state index in [9.17, 15) is 14.7 Å². The number of anilines is 1. The van der Waals surface area contributed by atoms with Gasteiger partial charge in [0, 0.05) is 10.4 Å². The predicted octanol–water partition coefficient (Wildman–Crippen LogP) is 5.39. The molecule has 0 saturated heterocycles. The minimum atomic E-state index is -1.08. The Morgan fingerprint density at radius 3 is 2.28 bits per heavy atom. The fourth-order valence-corrected chi connectivity index (χ4v) is 3.53. The van der Waals surface area contributed by atoms with E-state index in [0.29, 0.717) is 5.56 Å². The van der Waals surface area contributed by atoms with Gasteiger partial charge >= 0.3 is 12.1 Å². The van der Waals surface area contributed by atoms with Crippen LogP contribution in [-0.2, 0) is 4.74 Å². The van der Waals surface area contributed by atoms with Crippen LogP contribution in [0.15, 0.2) is 18.2 Å². The van der Waals surface area contributed by atoms with Gasteiger partial charge in [0.2, 0.25) is 0 Å². The fraction of sp³-hybridized carbons (Fsp3) is 0.368. The number of carbonyl (C=O) groups excluding carboxylic acids is 1. The normalized spacial score (nSPS) is 11.3. The Bertz CT molecular complexity index is 831. The summed E-state index contributed by atoms with van der Waals surface area (Å²) in [6, 6.07) is 5.84. The van der Waals surface area contributed by atoms with Crippen molar-refractivity contribution in [2.75, 3.05) is 5.32 Å². The van der Waals surface area contributed by atoms with Crippen LogP contribution in [0.2, 0.25) is 0 Å². The summed E-state index contributed by atoms with van der Waals surface area (Å²) >= 11 is 1.24. The van der Waals surface area contributed by atoms with Crippen LogP contribution in [0.1, 0.15) is 47.1 Å². The van der Waals surface area contributed by atoms with Crippen LogP contribution in [0.3, 0.4) is 0 Å². The number of rotatable bonds is 3. The first-order valence-corrected chi connectivity index (χ1v) is 8.75. The van der Waals surface area contributed by atoms with Gasteiger partial charge in [-0.05, 0) is 58.2 Å². The number of hydrogen-bond acceptors (Lipinski definition) is 4. The quantitative estimate of drug-likeness (QED) is 0.769. The average Bonchev–Trinajstić information content (AvgIpc) is 2.76. The van der Waals surface area contributed by atoms with Crippen molar-refractivity contribution < 1.29 is 19.4 Å². The van der Waals surface area contributed by atoms with Crippen LogP contribution in [0.25, 0.3) is 11.1 Å². The molecule has 0 aliphatic carbocycles. The predicted molar refractivity (Wildman–Crippen MR) is 101 cm³/mol. The molecule has 2 rings (SSSR count). The first kappa shape index (κ1) is 19.0. The van der Waals surface area contributed by atoms with Crippen LogP contribution < -0.4 is 5.32 Å². The molecule has 1 aromatic carbocycles. The van der Waals surface area contributed by atoms with Crippen molar-refractivity contribution in [2.24, 2.45) is 0 Å². The van der Waals surface area contributed by atoms with Crippen LogP contribution >= 0.6 is 11.3 Å². The molecule has 0 aliphatic rings. The van der Waals surface area contributed by atoms with Gasteiger partial charge in [-0.15, -0.1) is 11.3 Å². The van der Waals surface area contributed by atoms with Gasteiger partial charge < -0.3 is 9.84 Å². The molecule has 1 aromatic heterocycles. The lowest BCUT2D eigenvalue weighted by molar-refractivity contribution is 0.0636. The van der Waals surface area contributed by atoms with Gasteiger partial charge in [0.1, 0.15) is 16.2 Å². The molecular formula is C19H23NO4S. The highest BCUT2D eigenvalue weighted by Gasteiger charge is 2.25. The zero-order valence-electron chi connectivity index (χ0n) is 15.3. The van der Waals surface area contributed by atoms with Crippen molar-refractivity contribution in [3.05, 3.63) is 39.8 Å². The van der Waals surface area contributed by atoms with Crippen LogP contribution in [-0.4, -0.2) is 22.8 Å². The number of ether oxygens (including phenoxy) is 1. The number of benzene rings is 1. The van der Waals surface area contributed by atoms with Gasteiger partial charge in [-0.1, -0.05) is 18.2 Å². The molecule has 0 bridgehead atoms. The number of nitrogens with one attached hydrogen (secondary N) is 1. The summed E-state index contributed by atoms with van der Waals surface area (Å²) in [6.45, 7) is 11.1. The van der Waals surface area contributed by atoms with E-state index in [2.05, 4.69) is 5.32 Å². The van der Waals surface area contributed by atoms with E-state index in [1.165, 1.54) is 11.3 Å². The summed E-state index contributed by atoms with van der Waals surface area (Å²) < 4.78 is 5.23. The highest BCUT2D eigenvalue weighted by molar-refractivity contribution is 7.17. The largest absolute Gasteiger partial charge is 0.478 e. The molecule has 0 spiro atoms. The minimum Gasteiger partial charge on any atom is -0.478 e.